The maximum absolute atomic E-state index is 3.88. The zero-order valence-corrected chi connectivity index (χ0v) is 29.0. The first kappa shape index (κ1) is 27.3. The zero-order valence-electron chi connectivity index (χ0n) is 25.4. The number of rotatable bonds is 4. The van der Waals surface area contributed by atoms with Gasteiger partial charge in [0.2, 0.25) is 0 Å². The summed E-state index contributed by atoms with van der Waals surface area (Å²) in [5.41, 5.74) is 16.9. The van der Waals surface area contributed by atoms with Crippen LogP contribution in [0.5, 0.6) is 0 Å². The van der Waals surface area contributed by atoms with E-state index in [2.05, 4.69) is 148 Å². The Balaban J connectivity index is 1.52. The van der Waals surface area contributed by atoms with Crippen LogP contribution in [-0.2, 0) is 18.0 Å². The topological polar surface area (TPSA) is 0 Å². The van der Waals surface area contributed by atoms with E-state index in [9.17, 15) is 0 Å². The van der Waals surface area contributed by atoms with E-state index in [4.69, 9.17) is 0 Å². The third kappa shape index (κ3) is 3.84. The average Bonchev–Trinajstić information content (AvgIpc) is 3.58. The minimum atomic E-state index is -3.88. The third-order valence-electron chi connectivity index (χ3n) is 11.1. The van der Waals surface area contributed by atoms with Gasteiger partial charge < -0.3 is 0 Å². The molecule has 202 valence electrons. The second kappa shape index (κ2) is 9.59. The van der Waals surface area contributed by atoms with Crippen molar-refractivity contribution in [3.05, 3.63) is 129 Å². The van der Waals surface area contributed by atoms with Crippen LogP contribution in [0.3, 0.4) is 0 Å². The van der Waals surface area contributed by atoms with Gasteiger partial charge >= 0.3 is 243 Å². The van der Waals surface area contributed by atoms with Crippen molar-refractivity contribution in [2.24, 2.45) is 0 Å². The van der Waals surface area contributed by atoms with Crippen LogP contribution >= 0.6 is 0 Å². The Morgan fingerprint density at radius 3 is 1.30 bits per heavy atom. The van der Waals surface area contributed by atoms with E-state index in [-0.39, 0.29) is 0 Å². The molecule has 40 heavy (non-hydrogen) atoms. The molecule has 2 unspecified atom stereocenters. The Kier molecular flexibility index (Phi) is 6.54. The Bertz CT molecular complexity index is 1690. The van der Waals surface area contributed by atoms with E-state index >= 15 is 0 Å². The first-order valence-corrected chi connectivity index (χ1v) is 27.9. The molecule has 0 saturated heterocycles. The molecule has 0 aliphatic heterocycles. The minimum absolute atomic E-state index is 0.479. The first-order chi connectivity index (χ1) is 19.0. The van der Waals surface area contributed by atoms with Gasteiger partial charge in [0.15, 0.2) is 0 Å². The van der Waals surface area contributed by atoms with Crippen LogP contribution < -0.4 is 0 Å². The number of allylic oxidation sites excluding steroid dienone is 2. The predicted molar refractivity (Wildman–Crippen MR) is 174 cm³/mol. The summed E-state index contributed by atoms with van der Waals surface area (Å²) < 4.78 is 8.10. The number of aryl methyl sites for hydroxylation is 2. The van der Waals surface area contributed by atoms with E-state index in [0.29, 0.717) is 7.35 Å². The molecule has 0 spiro atoms. The van der Waals surface area contributed by atoms with Crippen molar-refractivity contribution in [1.82, 2.24) is 0 Å². The molecule has 0 bridgehead atoms. The van der Waals surface area contributed by atoms with Crippen molar-refractivity contribution in [2.45, 2.75) is 58.3 Å². The molecule has 0 amide bonds. The van der Waals surface area contributed by atoms with Crippen molar-refractivity contribution in [3.63, 3.8) is 0 Å². The summed E-state index contributed by atoms with van der Waals surface area (Å²) >= 11 is -3.88. The molecule has 0 nitrogen and oxygen atoms in total. The van der Waals surface area contributed by atoms with Gasteiger partial charge in [-0.3, -0.25) is 0 Å². The molecule has 0 saturated carbocycles. The van der Waals surface area contributed by atoms with E-state index in [1.165, 1.54) is 66.8 Å². The standard InChI is InChI=1S/2C17H15.C3H6.2CH3.Hf/c2*1-12-6-3-9-15(13(12)2)17-11-5-8-14-7-4-10-16(14)17;1-3-2;;;/h2*3-11H,1-2H3;1-2H3;2*1H3;. The summed E-state index contributed by atoms with van der Waals surface area (Å²) in [4.78, 5) is 0. The molecule has 6 rings (SSSR count). The summed E-state index contributed by atoms with van der Waals surface area (Å²) in [5, 5.41) is 0. The van der Waals surface area contributed by atoms with Crippen LogP contribution in [-0.4, -0.2) is 3.26 Å². The van der Waals surface area contributed by atoms with Gasteiger partial charge in [-0.2, -0.15) is 0 Å². The van der Waals surface area contributed by atoms with Crippen LogP contribution in [0.4, 0.5) is 0 Å². The van der Waals surface area contributed by atoms with Gasteiger partial charge in [-0.1, -0.05) is 0 Å². The molecule has 0 radical (unpaired) electrons. The Labute approximate surface area is 242 Å². The van der Waals surface area contributed by atoms with Crippen LogP contribution in [0, 0.1) is 27.7 Å². The van der Waals surface area contributed by atoms with Gasteiger partial charge in [-0.25, -0.2) is 0 Å². The monoisotopic (exact) mass is 690 g/mol. The fourth-order valence-electron chi connectivity index (χ4n) is 7.59. The summed E-state index contributed by atoms with van der Waals surface area (Å²) in [5.74, 6) is 0. The molecular weight excluding hydrogens is 647 g/mol. The van der Waals surface area contributed by atoms with Crippen LogP contribution in [0.1, 0.15) is 65.7 Å². The molecule has 2 atom stereocenters. The van der Waals surface area contributed by atoms with Crippen molar-refractivity contribution in [3.8, 4) is 22.3 Å². The molecule has 0 aromatic heterocycles. The maximum atomic E-state index is 2.73. The van der Waals surface area contributed by atoms with Crippen molar-refractivity contribution in [1.29, 1.82) is 0 Å². The molecule has 0 heterocycles. The molecular formula is C39H42Hf. The fraction of sp³-hybridized carbons (Fsp3) is 0.256. The Hall–Kier alpha value is -2.90. The molecule has 0 fully saturated rings. The Morgan fingerprint density at radius 2 is 0.900 bits per heavy atom. The van der Waals surface area contributed by atoms with Gasteiger partial charge in [0.1, 0.15) is 0 Å². The average molecular weight is 689 g/mol. The first-order valence-electron chi connectivity index (χ1n) is 14.8. The quantitative estimate of drug-likeness (QED) is 0.187. The molecule has 4 aromatic carbocycles. The second-order valence-electron chi connectivity index (χ2n) is 13.4. The summed E-state index contributed by atoms with van der Waals surface area (Å²) in [6.45, 7) is 13.9. The van der Waals surface area contributed by atoms with Gasteiger partial charge in [0.25, 0.3) is 0 Å². The molecule has 2 aliphatic rings. The normalized spacial score (nSPS) is 17.7. The molecule has 4 aromatic rings. The Morgan fingerprint density at radius 1 is 0.525 bits per heavy atom. The summed E-state index contributed by atoms with van der Waals surface area (Å²) in [6.07, 6.45) is 10.1. The zero-order chi connectivity index (χ0) is 28.4. The molecule has 1 heteroatoms. The van der Waals surface area contributed by atoms with Crippen LogP contribution in [0.2, 0.25) is 9.36 Å². The number of benzene rings is 4. The van der Waals surface area contributed by atoms with E-state index in [1.807, 2.05) is 0 Å². The van der Waals surface area contributed by atoms with Gasteiger partial charge in [0, 0.05) is 0 Å². The van der Waals surface area contributed by atoms with E-state index in [1.54, 1.807) is 3.26 Å². The van der Waals surface area contributed by atoms with E-state index in [0.717, 1.165) is 0 Å². The van der Waals surface area contributed by atoms with Gasteiger partial charge in [-0.05, 0) is 0 Å². The van der Waals surface area contributed by atoms with Crippen LogP contribution in [0.15, 0.2) is 84.9 Å². The summed E-state index contributed by atoms with van der Waals surface area (Å²) in [6, 6.07) is 27.6. The number of fused-ring (bicyclic) bond motifs is 2. The van der Waals surface area contributed by atoms with Crippen molar-refractivity contribution < 1.29 is 18.0 Å². The molecule has 0 N–H and O–H groups in total. The predicted octanol–water partition coefficient (Wildman–Crippen LogP) is 11.1. The second-order valence-corrected chi connectivity index (χ2v) is 40.2. The van der Waals surface area contributed by atoms with Gasteiger partial charge in [0.05, 0.1) is 0 Å². The van der Waals surface area contributed by atoms with E-state index < -0.39 is 18.0 Å². The van der Waals surface area contributed by atoms with Crippen molar-refractivity contribution >= 4 is 15.4 Å². The number of hydrogen-bond acceptors (Lipinski definition) is 0. The van der Waals surface area contributed by atoms with Crippen LogP contribution in [0.25, 0.3) is 34.4 Å². The fourth-order valence-corrected chi connectivity index (χ4v) is 27.1. The SMILES string of the molecule is C[C](C)=[Hf]([CH3])([CH3])([CH]1C=Cc2c(-c3cccc(C)c3C)cccc21)[CH]1C=Cc2c(-c3cccc(C)c3C)cccc21. The third-order valence-corrected chi connectivity index (χ3v) is 39.8. The number of hydrogen-bond donors (Lipinski definition) is 0. The summed E-state index contributed by atoms with van der Waals surface area (Å²) in [7, 11) is 0. The molecule has 2 aliphatic carbocycles. The van der Waals surface area contributed by atoms with Crippen molar-refractivity contribution in [2.75, 3.05) is 0 Å². The van der Waals surface area contributed by atoms with Gasteiger partial charge in [-0.15, -0.1) is 0 Å².